The molecule has 1 aromatic rings. The maximum absolute atomic E-state index is 12.7. The van der Waals surface area contributed by atoms with E-state index in [4.69, 9.17) is 5.11 Å². The number of pyridine rings is 1. The zero-order valence-corrected chi connectivity index (χ0v) is 9.46. The molecule has 0 saturated heterocycles. The molecular formula is C10H8F5NO3. The van der Waals surface area contributed by atoms with Gasteiger partial charge < -0.3 is 9.84 Å². The van der Waals surface area contributed by atoms with Crippen molar-refractivity contribution in [1.82, 2.24) is 4.98 Å². The molecule has 0 aliphatic rings. The van der Waals surface area contributed by atoms with Crippen molar-refractivity contribution in [2.45, 2.75) is 19.0 Å². The van der Waals surface area contributed by atoms with Gasteiger partial charge in [-0.15, -0.1) is 0 Å². The van der Waals surface area contributed by atoms with Gasteiger partial charge in [-0.05, 0) is 6.07 Å². The minimum Gasteiger partial charge on any atom is -0.494 e. The first-order valence-electron chi connectivity index (χ1n) is 4.81. The van der Waals surface area contributed by atoms with E-state index in [0.29, 0.717) is 6.07 Å². The number of rotatable bonds is 4. The van der Waals surface area contributed by atoms with Crippen LogP contribution < -0.4 is 4.74 Å². The van der Waals surface area contributed by atoms with Gasteiger partial charge in [-0.3, -0.25) is 4.79 Å². The molecule has 0 atom stereocenters. The van der Waals surface area contributed by atoms with Gasteiger partial charge in [-0.1, -0.05) is 0 Å². The smallest absolute Gasteiger partial charge is 0.437 e. The maximum atomic E-state index is 12.7. The Bertz CT molecular complexity index is 487. The average Bonchev–Trinajstić information content (AvgIpc) is 2.25. The van der Waals surface area contributed by atoms with Crippen molar-refractivity contribution in [3.63, 3.8) is 0 Å². The summed E-state index contributed by atoms with van der Waals surface area (Å²) in [6.07, 6.45) is -9.16. The first-order valence-corrected chi connectivity index (χ1v) is 4.81. The first-order chi connectivity index (χ1) is 8.66. The van der Waals surface area contributed by atoms with Crippen LogP contribution in [0.5, 0.6) is 5.75 Å². The highest BCUT2D eigenvalue weighted by Gasteiger charge is 2.39. The molecule has 0 aliphatic carbocycles. The molecule has 0 amide bonds. The molecule has 19 heavy (non-hydrogen) atoms. The fraction of sp³-hybridized carbons (Fsp3) is 0.400. The summed E-state index contributed by atoms with van der Waals surface area (Å²) in [7, 11) is 0.875. The average molecular weight is 285 g/mol. The van der Waals surface area contributed by atoms with Crippen LogP contribution in [0.15, 0.2) is 6.07 Å². The highest BCUT2D eigenvalue weighted by Crippen LogP contribution is 2.38. The lowest BCUT2D eigenvalue weighted by Gasteiger charge is -2.15. The minimum absolute atomic E-state index is 0.507. The Morgan fingerprint density at radius 3 is 2.42 bits per heavy atom. The number of ether oxygens (including phenoxy) is 1. The van der Waals surface area contributed by atoms with E-state index >= 15 is 0 Å². The summed E-state index contributed by atoms with van der Waals surface area (Å²) < 4.78 is 67.4. The molecule has 0 fully saturated rings. The van der Waals surface area contributed by atoms with Crippen LogP contribution in [-0.4, -0.2) is 23.2 Å². The number of carbonyl (C=O) groups is 1. The lowest BCUT2D eigenvalue weighted by Crippen LogP contribution is -2.15. The normalized spacial score (nSPS) is 11.7. The monoisotopic (exact) mass is 285 g/mol. The summed E-state index contributed by atoms with van der Waals surface area (Å²) in [5.41, 5.74) is -3.32. The van der Waals surface area contributed by atoms with E-state index in [0.717, 1.165) is 7.11 Å². The van der Waals surface area contributed by atoms with Crippen molar-refractivity contribution in [3.05, 3.63) is 23.0 Å². The molecule has 0 bridgehead atoms. The lowest BCUT2D eigenvalue weighted by atomic mass is 10.1. The molecular weight excluding hydrogens is 277 g/mol. The van der Waals surface area contributed by atoms with Crippen LogP contribution >= 0.6 is 0 Å². The Balaban J connectivity index is 3.51. The number of alkyl halides is 5. The van der Waals surface area contributed by atoms with Gasteiger partial charge in [0, 0.05) is 5.56 Å². The fourth-order valence-corrected chi connectivity index (χ4v) is 1.43. The van der Waals surface area contributed by atoms with Gasteiger partial charge in [0.1, 0.15) is 5.69 Å². The zero-order chi connectivity index (χ0) is 14.8. The third-order valence-electron chi connectivity index (χ3n) is 2.11. The SMILES string of the molecule is COc1c(CC(=O)O)cc(C(F)F)nc1C(F)(F)F. The van der Waals surface area contributed by atoms with Crippen molar-refractivity contribution in [1.29, 1.82) is 0 Å². The van der Waals surface area contributed by atoms with Gasteiger partial charge in [0.25, 0.3) is 6.43 Å². The van der Waals surface area contributed by atoms with E-state index in [1.54, 1.807) is 0 Å². The van der Waals surface area contributed by atoms with Crippen LogP contribution in [0.25, 0.3) is 0 Å². The number of aliphatic carboxylic acids is 1. The highest BCUT2D eigenvalue weighted by atomic mass is 19.4. The van der Waals surface area contributed by atoms with E-state index in [-0.39, 0.29) is 0 Å². The van der Waals surface area contributed by atoms with Crippen LogP contribution in [0.3, 0.4) is 0 Å². The van der Waals surface area contributed by atoms with Crippen molar-refractivity contribution in [2.75, 3.05) is 7.11 Å². The number of hydrogen-bond donors (Lipinski definition) is 1. The summed E-state index contributed by atoms with van der Waals surface area (Å²) >= 11 is 0. The third kappa shape index (κ3) is 3.52. The number of carboxylic acids is 1. The predicted octanol–water partition coefficient (Wildman–Crippen LogP) is 2.67. The fourth-order valence-electron chi connectivity index (χ4n) is 1.43. The molecule has 1 N–H and O–H groups in total. The molecule has 1 aromatic heterocycles. The summed E-state index contributed by atoms with van der Waals surface area (Å²) in [5, 5.41) is 8.57. The first kappa shape index (κ1) is 15.1. The van der Waals surface area contributed by atoms with Crippen LogP contribution in [-0.2, 0) is 17.4 Å². The number of hydrogen-bond acceptors (Lipinski definition) is 3. The van der Waals surface area contributed by atoms with E-state index in [2.05, 4.69) is 9.72 Å². The van der Waals surface area contributed by atoms with Gasteiger partial charge >= 0.3 is 12.1 Å². The number of carboxylic acid groups (broad SMARTS) is 1. The van der Waals surface area contributed by atoms with E-state index in [1.807, 2.05) is 0 Å². The number of halogens is 5. The third-order valence-corrected chi connectivity index (χ3v) is 2.11. The van der Waals surface area contributed by atoms with Crippen molar-refractivity contribution < 1.29 is 36.6 Å². The topological polar surface area (TPSA) is 59.4 Å². The Morgan fingerprint density at radius 1 is 1.47 bits per heavy atom. The van der Waals surface area contributed by atoms with Gasteiger partial charge in [0.05, 0.1) is 13.5 Å². The van der Waals surface area contributed by atoms with Crippen molar-refractivity contribution in [3.8, 4) is 5.75 Å². The van der Waals surface area contributed by atoms with Crippen LogP contribution in [0, 0.1) is 0 Å². The minimum atomic E-state index is -5.02. The Hall–Kier alpha value is -1.93. The summed E-state index contributed by atoms with van der Waals surface area (Å²) in [4.78, 5) is 13.3. The maximum Gasteiger partial charge on any atom is 0.437 e. The standard InChI is InChI=1S/C10H8F5NO3/c1-19-7-4(3-6(17)18)2-5(9(11)12)16-8(7)10(13,14)15/h2,9H,3H2,1H3,(H,17,18). The molecule has 4 nitrogen and oxygen atoms in total. The van der Waals surface area contributed by atoms with Crippen LogP contribution in [0.2, 0.25) is 0 Å². The summed E-state index contributed by atoms with van der Waals surface area (Å²) in [5.74, 6) is -2.34. The molecule has 0 radical (unpaired) electrons. The lowest BCUT2D eigenvalue weighted by molar-refractivity contribution is -0.143. The molecule has 0 unspecified atom stereocenters. The van der Waals surface area contributed by atoms with Gasteiger partial charge in [0.15, 0.2) is 11.4 Å². The molecule has 106 valence electrons. The predicted molar refractivity (Wildman–Crippen MR) is 52.1 cm³/mol. The van der Waals surface area contributed by atoms with Gasteiger partial charge in [-0.25, -0.2) is 13.8 Å². The summed E-state index contributed by atoms with van der Waals surface area (Å²) in [6, 6.07) is 0.590. The number of nitrogens with zero attached hydrogens (tertiary/aromatic N) is 1. The summed E-state index contributed by atoms with van der Waals surface area (Å²) in [6.45, 7) is 0. The Kier molecular flexibility index (Phi) is 4.28. The second-order valence-electron chi connectivity index (χ2n) is 3.46. The molecule has 0 spiro atoms. The molecule has 1 rings (SSSR count). The second-order valence-corrected chi connectivity index (χ2v) is 3.46. The molecule has 0 saturated carbocycles. The van der Waals surface area contributed by atoms with E-state index in [9.17, 15) is 26.7 Å². The van der Waals surface area contributed by atoms with Crippen molar-refractivity contribution in [2.24, 2.45) is 0 Å². The van der Waals surface area contributed by atoms with Gasteiger partial charge in [-0.2, -0.15) is 13.2 Å². The number of methoxy groups -OCH3 is 1. The van der Waals surface area contributed by atoms with E-state index < -0.39 is 47.7 Å². The Morgan fingerprint density at radius 2 is 2.05 bits per heavy atom. The quantitative estimate of drug-likeness (QED) is 0.864. The second kappa shape index (κ2) is 5.37. The van der Waals surface area contributed by atoms with Gasteiger partial charge in [0.2, 0.25) is 0 Å². The van der Waals surface area contributed by atoms with Crippen LogP contribution in [0.1, 0.15) is 23.4 Å². The zero-order valence-electron chi connectivity index (χ0n) is 9.46. The highest BCUT2D eigenvalue weighted by molar-refractivity contribution is 5.71. The Labute approximate surface area is 103 Å². The van der Waals surface area contributed by atoms with E-state index in [1.165, 1.54) is 0 Å². The largest absolute Gasteiger partial charge is 0.494 e. The molecule has 0 aromatic carbocycles. The van der Waals surface area contributed by atoms with Crippen molar-refractivity contribution >= 4 is 5.97 Å². The molecule has 9 heteroatoms. The van der Waals surface area contributed by atoms with Crippen LogP contribution in [0.4, 0.5) is 22.0 Å². The molecule has 0 aliphatic heterocycles. The molecule has 1 heterocycles. The number of aromatic nitrogens is 1.